The Labute approximate surface area is 122 Å². The summed E-state index contributed by atoms with van der Waals surface area (Å²) in [7, 11) is 4.01. The first-order chi connectivity index (χ1) is 9.78. The Morgan fingerprint density at radius 2 is 1.85 bits per heavy atom. The molecule has 2 heteroatoms. The lowest BCUT2D eigenvalue weighted by Crippen LogP contribution is -2.40. The third-order valence-electron chi connectivity index (χ3n) is 4.92. The SMILES string of the molecule is COc1ccc(CC2C3=C(CCCC3)CCN2C)cc1. The number of rotatable bonds is 3. The Balaban J connectivity index is 1.79. The molecule has 1 aromatic rings. The molecule has 1 aliphatic carbocycles. The van der Waals surface area contributed by atoms with E-state index in [4.69, 9.17) is 4.74 Å². The fourth-order valence-corrected chi connectivity index (χ4v) is 3.68. The van der Waals surface area contributed by atoms with Crippen LogP contribution in [-0.2, 0) is 6.42 Å². The van der Waals surface area contributed by atoms with Crippen molar-refractivity contribution in [1.82, 2.24) is 4.90 Å². The van der Waals surface area contributed by atoms with Gasteiger partial charge in [-0.1, -0.05) is 23.3 Å². The van der Waals surface area contributed by atoms with Crippen LogP contribution in [0.15, 0.2) is 35.4 Å². The molecule has 0 saturated heterocycles. The lowest BCUT2D eigenvalue weighted by atomic mass is 9.81. The van der Waals surface area contributed by atoms with E-state index in [2.05, 4.69) is 36.2 Å². The zero-order chi connectivity index (χ0) is 13.9. The van der Waals surface area contributed by atoms with Crippen LogP contribution < -0.4 is 4.74 Å². The average molecular weight is 271 g/mol. The van der Waals surface area contributed by atoms with Gasteiger partial charge in [0.05, 0.1) is 7.11 Å². The predicted octanol–water partition coefficient (Wildman–Crippen LogP) is 3.81. The van der Waals surface area contributed by atoms with Gasteiger partial charge in [0.15, 0.2) is 0 Å². The van der Waals surface area contributed by atoms with Gasteiger partial charge in [-0.15, -0.1) is 0 Å². The summed E-state index contributed by atoms with van der Waals surface area (Å²) in [5.74, 6) is 0.948. The van der Waals surface area contributed by atoms with E-state index in [1.165, 1.54) is 44.2 Å². The minimum absolute atomic E-state index is 0.618. The first-order valence-corrected chi connectivity index (χ1v) is 7.82. The van der Waals surface area contributed by atoms with Crippen molar-refractivity contribution in [2.24, 2.45) is 0 Å². The molecule has 1 aliphatic heterocycles. The summed E-state index contributed by atoms with van der Waals surface area (Å²) >= 11 is 0. The zero-order valence-corrected chi connectivity index (χ0v) is 12.7. The van der Waals surface area contributed by atoms with Gasteiger partial charge in [-0.05, 0) is 63.3 Å². The monoisotopic (exact) mass is 271 g/mol. The van der Waals surface area contributed by atoms with Crippen LogP contribution in [0.2, 0.25) is 0 Å². The topological polar surface area (TPSA) is 12.5 Å². The minimum Gasteiger partial charge on any atom is -0.497 e. The summed E-state index contributed by atoms with van der Waals surface area (Å²) in [6, 6.07) is 9.20. The molecule has 1 heterocycles. The second-order valence-electron chi connectivity index (χ2n) is 6.13. The van der Waals surface area contributed by atoms with Crippen LogP contribution >= 0.6 is 0 Å². The first kappa shape index (κ1) is 13.7. The summed E-state index contributed by atoms with van der Waals surface area (Å²) in [6.07, 6.45) is 7.89. The van der Waals surface area contributed by atoms with Gasteiger partial charge in [-0.2, -0.15) is 0 Å². The zero-order valence-electron chi connectivity index (χ0n) is 12.7. The highest BCUT2D eigenvalue weighted by molar-refractivity contribution is 5.32. The van der Waals surface area contributed by atoms with E-state index in [0.29, 0.717) is 6.04 Å². The van der Waals surface area contributed by atoms with Crippen molar-refractivity contribution in [2.45, 2.75) is 44.6 Å². The second kappa shape index (κ2) is 6.01. The molecule has 0 amide bonds. The van der Waals surface area contributed by atoms with E-state index < -0.39 is 0 Å². The van der Waals surface area contributed by atoms with Gasteiger partial charge in [-0.3, -0.25) is 4.90 Å². The molecule has 2 nitrogen and oxygen atoms in total. The number of likely N-dealkylation sites (N-methyl/N-ethyl adjacent to an activating group) is 1. The summed E-state index contributed by atoms with van der Waals surface area (Å²) in [5.41, 5.74) is 4.94. The summed E-state index contributed by atoms with van der Waals surface area (Å²) in [4.78, 5) is 2.55. The van der Waals surface area contributed by atoms with E-state index >= 15 is 0 Å². The van der Waals surface area contributed by atoms with Gasteiger partial charge in [0, 0.05) is 12.6 Å². The lowest BCUT2D eigenvalue weighted by molar-refractivity contribution is 0.242. The Hall–Kier alpha value is -1.28. The molecule has 0 bridgehead atoms. The number of ether oxygens (including phenoxy) is 1. The fraction of sp³-hybridized carbons (Fsp3) is 0.556. The molecule has 1 aromatic carbocycles. The van der Waals surface area contributed by atoms with E-state index in [1.54, 1.807) is 18.3 Å². The summed E-state index contributed by atoms with van der Waals surface area (Å²) < 4.78 is 5.25. The van der Waals surface area contributed by atoms with E-state index in [-0.39, 0.29) is 0 Å². The highest BCUT2D eigenvalue weighted by Gasteiger charge is 2.28. The maximum Gasteiger partial charge on any atom is 0.118 e. The molecule has 0 fully saturated rings. The normalized spacial score (nSPS) is 23.6. The maximum absolute atomic E-state index is 5.25. The van der Waals surface area contributed by atoms with E-state index in [9.17, 15) is 0 Å². The minimum atomic E-state index is 0.618. The first-order valence-electron chi connectivity index (χ1n) is 7.82. The van der Waals surface area contributed by atoms with Gasteiger partial charge in [-0.25, -0.2) is 0 Å². The number of nitrogens with zero attached hydrogens (tertiary/aromatic N) is 1. The van der Waals surface area contributed by atoms with Crippen molar-refractivity contribution < 1.29 is 4.74 Å². The molecule has 0 radical (unpaired) electrons. The van der Waals surface area contributed by atoms with Crippen molar-refractivity contribution in [1.29, 1.82) is 0 Å². The molecule has 1 atom stereocenters. The Morgan fingerprint density at radius 1 is 1.10 bits per heavy atom. The number of hydrogen-bond donors (Lipinski definition) is 0. The molecule has 0 saturated carbocycles. The van der Waals surface area contributed by atoms with Gasteiger partial charge in [0.2, 0.25) is 0 Å². The van der Waals surface area contributed by atoms with Gasteiger partial charge in [0.1, 0.15) is 5.75 Å². The fourth-order valence-electron chi connectivity index (χ4n) is 3.68. The highest BCUT2D eigenvalue weighted by Crippen LogP contribution is 2.35. The van der Waals surface area contributed by atoms with Crippen molar-refractivity contribution in [3.8, 4) is 5.75 Å². The van der Waals surface area contributed by atoms with Gasteiger partial charge < -0.3 is 4.74 Å². The van der Waals surface area contributed by atoms with Crippen molar-refractivity contribution >= 4 is 0 Å². The van der Waals surface area contributed by atoms with Crippen molar-refractivity contribution in [3.63, 3.8) is 0 Å². The van der Waals surface area contributed by atoms with Crippen LogP contribution in [0.3, 0.4) is 0 Å². The molecule has 0 N–H and O–H groups in total. The van der Waals surface area contributed by atoms with Crippen molar-refractivity contribution in [3.05, 3.63) is 41.0 Å². The van der Waals surface area contributed by atoms with E-state index in [0.717, 1.165) is 12.2 Å². The molecule has 20 heavy (non-hydrogen) atoms. The predicted molar refractivity (Wildman–Crippen MR) is 83.2 cm³/mol. The third kappa shape index (κ3) is 2.76. The van der Waals surface area contributed by atoms with Crippen LogP contribution in [0.1, 0.15) is 37.7 Å². The lowest BCUT2D eigenvalue weighted by Gasteiger charge is -2.39. The molecule has 108 valence electrons. The summed E-state index contributed by atoms with van der Waals surface area (Å²) in [5, 5.41) is 0. The van der Waals surface area contributed by atoms with Crippen LogP contribution in [0.5, 0.6) is 5.75 Å². The van der Waals surface area contributed by atoms with Crippen LogP contribution in [0.25, 0.3) is 0 Å². The molecule has 2 aliphatic rings. The standard InChI is InChI=1S/C18H25NO/c1-19-12-11-15-5-3-4-6-17(15)18(19)13-14-7-9-16(20-2)10-8-14/h7-10,18H,3-6,11-13H2,1-2H3. The molecule has 0 aromatic heterocycles. The Kier molecular flexibility index (Phi) is 4.11. The number of methoxy groups -OCH3 is 1. The summed E-state index contributed by atoms with van der Waals surface area (Å²) in [6.45, 7) is 1.22. The van der Waals surface area contributed by atoms with Crippen molar-refractivity contribution in [2.75, 3.05) is 20.7 Å². The van der Waals surface area contributed by atoms with Crippen LogP contribution in [0, 0.1) is 0 Å². The maximum atomic E-state index is 5.25. The number of benzene rings is 1. The number of hydrogen-bond acceptors (Lipinski definition) is 2. The second-order valence-corrected chi connectivity index (χ2v) is 6.13. The smallest absolute Gasteiger partial charge is 0.118 e. The molecule has 3 rings (SSSR count). The highest BCUT2D eigenvalue weighted by atomic mass is 16.5. The average Bonchev–Trinajstić information content (AvgIpc) is 2.51. The van der Waals surface area contributed by atoms with Gasteiger partial charge in [0.25, 0.3) is 0 Å². The molecular formula is C18H25NO. The van der Waals surface area contributed by atoms with E-state index in [1.807, 2.05) is 0 Å². The molecule has 0 spiro atoms. The van der Waals surface area contributed by atoms with Crippen LogP contribution in [-0.4, -0.2) is 31.6 Å². The Morgan fingerprint density at radius 3 is 2.60 bits per heavy atom. The Bertz CT molecular complexity index is 489. The van der Waals surface area contributed by atoms with Gasteiger partial charge >= 0.3 is 0 Å². The van der Waals surface area contributed by atoms with Crippen LogP contribution in [0.4, 0.5) is 0 Å². The third-order valence-corrected chi connectivity index (χ3v) is 4.92. The molecule has 1 unspecified atom stereocenters. The quantitative estimate of drug-likeness (QED) is 0.775. The molecular weight excluding hydrogens is 246 g/mol. The largest absolute Gasteiger partial charge is 0.497 e.